The number of hydrogen-bond donors (Lipinski definition) is 1. The minimum atomic E-state index is -0.255. The standard InChI is InChI=1S/C25H22BrN3O2/c1-2-17-8-11-20(12-9-17)28-23(30)16-29-22-13-10-19(26)14-21(22)25(27-15-24(29)31)18-6-4-3-5-7-18/h3-14H,2,15-16H2,1H3,(H,28,30). The number of fused-ring (bicyclic) bond motifs is 1. The predicted molar refractivity (Wildman–Crippen MR) is 128 cm³/mol. The molecule has 1 aliphatic heterocycles. The minimum Gasteiger partial charge on any atom is -0.325 e. The van der Waals surface area contributed by atoms with E-state index in [4.69, 9.17) is 0 Å². The predicted octanol–water partition coefficient (Wildman–Crippen LogP) is 4.83. The van der Waals surface area contributed by atoms with Crippen LogP contribution in [0.15, 0.2) is 82.3 Å². The van der Waals surface area contributed by atoms with Crippen LogP contribution >= 0.6 is 15.9 Å². The van der Waals surface area contributed by atoms with Crippen LogP contribution in [-0.4, -0.2) is 30.6 Å². The Bertz CT molecular complexity index is 1140. The maximum absolute atomic E-state index is 12.9. The molecule has 1 aliphatic rings. The zero-order chi connectivity index (χ0) is 21.8. The van der Waals surface area contributed by atoms with Gasteiger partial charge in [0.15, 0.2) is 0 Å². The molecule has 156 valence electrons. The lowest BCUT2D eigenvalue weighted by Gasteiger charge is -2.23. The van der Waals surface area contributed by atoms with Crippen molar-refractivity contribution in [3.05, 3.63) is 94.0 Å². The fraction of sp³-hybridized carbons (Fsp3) is 0.160. The van der Waals surface area contributed by atoms with Crippen molar-refractivity contribution in [2.45, 2.75) is 13.3 Å². The fourth-order valence-corrected chi connectivity index (χ4v) is 3.93. The third-order valence-electron chi connectivity index (χ3n) is 5.17. The number of nitrogens with zero attached hydrogens (tertiary/aromatic N) is 2. The summed E-state index contributed by atoms with van der Waals surface area (Å²) in [7, 11) is 0. The quantitative estimate of drug-likeness (QED) is 0.573. The van der Waals surface area contributed by atoms with Crippen molar-refractivity contribution < 1.29 is 9.59 Å². The molecule has 0 bridgehead atoms. The molecule has 0 fully saturated rings. The number of amides is 2. The maximum Gasteiger partial charge on any atom is 0.249 e. The van der Waals surface area contributed by atoms with Gasteiger partial charge in [-0.2, -0.15) is 0 Å². The SMILES string of the molecule is CCc1ccc(NC(=O)CN2C(=O)CN=C(c3ccccc3)c3cc(Br)ccc32)cc1. The number of nitrogens with one attached hydrogen (secondary N) is 1. The lowest BCUT2D eigenvalue weighted by Crippen LogP contribution is -2.39. The summed E-state index contributed by atoms with van der Waals surface area (Å²) < 4.78 is 0.879. The van der Waals surface area contributed by atoms with Gasteiger partial charge in [0.25, 0.3) is 0 Å². The minimum absolute atomic E-state index is 0.0188. The summed E-state index contributed by atoms with van der Waals surface area (Å²) in [5, 5.41) is 2.89. The Balaban J connectivity index is 1.63. The lowest BCUT2D eigenvalue weighted by molar-refractivity contribution is -0.120. The Morgan fingerprint density at radius 1 is 1.06 bits per heavy atom. The van der Waals surface area contributed by atoms with Crippen LogP contribution in [0.2, 0.25) is 0 Å². The summed E-state index contributed by atoms with van der Waals surface area (Å²) in [5.74, 6) is -0.472. The highest BCUT2D eigenvalue weighted by Crippen LogP contribution is 2.29. The summed E-state index contributed by atoms with van der Waals surface area (Å²) in [5.41, 5.74) is 5.06. The highest BCUT2D eigenvalue weighted by atomic mass is 79.9. The van der Waals surface area contributed by atoms with Crippen LogP contribution in [0.3, 0.4) is 0 Å². The van der Waals surface area contributed by atoms with Gasteiger partial charge in [-0.3, -0.25) is 14.6 Å². The normalized spacial score (nSPS) is 13.3. The third kappa shape index (κ3) is 4.75. The second-order valence-electron chi connectivity index (χ2n) is 7.27. The molecule has 1 heterocycles. The molecular formula is C25H22BrN3O2. The van der Waals surface area contributed by atoms with Gasteiger partial charge in [-0.1, -0.05) is 65.3 Å². The number of carbonyl (C=O) groups is 2. The molecule has 0 saturated heterocycles. The van der Waals surface area contributed by atoms with Crippen LogP contribution in [0.4, 0.5) is 11.4 Å². The average molecular weight is 476 g/mol. The molecule has 5 nitrogen and oxygen atoms in total. The number of carbonyl (C=O) groups excluding carboxylic acids is 2. The van der Waals surface area contributed by atoms with Crippen LogP contribution < -0.4 is 10.2 Å². The van der Waals surface area contributed by atoms with Crippen molar-refractivity contribution in [1.29, 1.82) is 0 Å². The van der Waals surface area contributed by atoms with E-state index in [1.54, 1.807) is 0 Å². The molecule has 0 atom stereocenters. The number of benzene rings is 3. The smallest absolute Gasteiger partial charge is 0.249 e. The topological polar surface area (TPSA) is 61.8 Å². The van der Waals surface area contributed by atoms with Crippen molar-refractivity contribution in [2.24, 2.45) is 4.99 Å². The van der Waals surface area contributed by atoms with E-state index in [2.05, 4.69) is 33.2 Å². The molecule has 0 radical (unpaired) electrons. The summed E-state index contributed by atoms with van der Waals surface area (Å²) in [6.45, 7) is 1.98. The molecule has 3 aromatic rings. The summed E-state index contributed by atoms with van der Waals surface area (Å²) in [6.07, 6.45) is 0.937. The van der Waals surface area contributed by atoms with Crippen LogP contribution in [0.1, 0.15) is 23.6 Å². The van der Waals surface area contributed by atoms with Gasteiger partial charge in [0.2, 0.25) is 11.8 Å². The molecule has 0 aliphatic carbocycles. The van der Waals surface area contributed by atoms with E-state index in [9.17, 15) is 9.59 Å². The van der Waals surface area contributed by atoms with Gasteiger partial charge in [-0.05, 0) is 42.3 Å². The van der Waals surface area contributed by atoms with Crippen molar-refractivity contribution in [3.63, 3.8) is 0 Å². The van der Waals surface area contributed by atoms with Crippen LogP contribution in [0, 0.1) is 0 Å². The zero-order valence-electron chi connectivity index (χ0n) is 17.1. The molecule has 2 amide bonds. The monoisotopic (exact) mass is 475 g/mol. The van der Waals surface area contributed by atoms with E-state index in [1.807, 2.05) is 72.8 Å². The molecule has 0 spiro atoms. The first-order valence-corrected chi connectivity index (χ1v) is 10.9. The van der Waals surface area contributed by atoms with Gasteiger partial charge in [0, 0.05) is 21.3 Å². The Hall–Kier alpha value is -3.25. The molecule has 0 aromatic heterocycles. The van der Waals surface area contributed by atoms with Crippen molar-refractivity contribution in [3.8, 4) is 0 Å². The van der Waals surface area contributed by atoms with Gasteiger partial charge < -0.3 is 10.2 Å². The lowest BCUT2D eigenvalue weighted by atomic mass is 10.0. The third-order valence-corrected chi connectivity index (χ3v) is 5.67. The van der Waals surface area contributed by atoms with E-state index in [0.717, 1.165) is 27.7 Å². The highest BCUT2D eigenvalue weighted by Gasteiger charge is 2.27. The fourth-order valence-electron chi connectivity index (χ4n) is 3.57. The van der Waals surface area contributed by atoms with Crippen LogP contribution in [0.25, 0.3) is 0 Å². The Morgan fingerprint density at radius 2 is 1.81 bits per heavy atom. The van der Waals surface area contributed by atoms with E-state index in [1.165, 1.54) is 10.5 Å². The van der Waals surface area contributed by atoms with Gasteiger partial charge in [-0.25, -0.2) is 0 Å². The van der Waals surface area contributed by atoms with Crippen LogP contribution in [0.5, 0.6) is 0 Å². The van der Waals surface area contributed by atoms with Gasteiger partial charge in [0.05, 0.1) is 11.4 Å². The first-order valence-electron chi connectivity index (χ1n) is 10.1. The number of aryl methyl sites for hydroxylation is 1. The second kappa shape index (κ2) is 9.27. The highest BCUT2D eigenvalue weighted by molar-refractivity contribution is 9.10. The summed E-state index contributed by atoms with van der Waals surface area (Å²) >= 11 is 3.52. The zero-order valence-corrected chi connectivity index (χ0v) is 18.7. The molecule has 31 heavy (non-hydrogen) atoms. The number of aliphatic imine (C=N–C) groups is 1. The largest absolute Gasteiger partial charge is 0.325 e. The number of rotatable bonds is 5. The van der Waals surface area contributed by atoms with Gasteiger partial charge >= 0.3 is 0 Å². The van der Waals surface area contributed by atoms with Gasteiger partial charge in [-0.15, -0.1) is 0 Å². The number of anilines is 2. The number of benzodiazepines with no additional fused rings is 1. The van der Waals surface area contributed by atoms with E-state index < -0.39 is 0 Å². The summed E-state index contributed by atoms with van der Waals surface area (Å²) in [6, 6.07) is 23.1. The molecular weight excluding hydrogens is 454 g/mol. The van der Waals surface area contributed by atoms with Crippen molar-refractivity contribution in [2.75, 3.05) is 23.3 Å². The maximum atomic E-state index is 12.9. The Labute approximate surface area is 189 Å². The Kier molecular flexibility index (Phi) is 6.28. The molecule has 0 saturated carbocycles. The van der Waals surface area contributed by atoms with E-state index in [0.29, 0.717) is 11.4 Å². The molecule has 6 heteroatoms. The van der Waals surface area contributed by atoms with Crippen molar-refractivity contribution >= 4 is 44.8 Å². The number of hydrogen-bond acceptors (Lipinski definition) is 3. The first kappa shape index (κ1) is 21.0. The summed E-state index contributed by atoms with van der Waals surface area (Å²) in [4.78, 5) is 31.8. The molecule has 0 unspecified atom stereocenters. The van der Waals surface area contributed by atoms with Gasteiger partial charge in [0.1, 0.15) is 13.1 Å². The van der Waals surface area contributed by atoms with Crippen molar-refractivity contribution in [1.82, 2.24) is 0 Å². The van der Waals surface area contributed by atoms with Crippen LogP contribution in [-0.2, 0) is 16.0 Å². The molecule has 3 aromatic carbocycles. The number of halogens is 1. The average Bonchev–Trinajstić information content (AvgIpc) is 2.91. The van der Waals surface area contributed by atoms with E-state index >= 15 is 0 Å². The van der Waals surface area contributed by atoms with E-state index in [-0.39, 0.29) is 24.9 Å². The Morgan fingerprint density at radius 3 is 2.52 bits per heavy atom. The molecule has 1 N–H and O–H groups in total. The second-order valence-corrected chi connectivity index (χ2v) is 8.19. The first-order chi connectivity index (χ1) is 15.0. The molecule has 4 rings (SSSR count).